The van der Waals surface area contributed by atoms with Crippen molar-refractivity contribution in [3.05, 3.63) is 35.3 Å². The zero-order chi connectivity index (χ0) is 15.4. The first-order valence-corrected chi connectivity index (χ1v) is 9.00. The third kappa shape index (κ3) is 3.87. The zero-order valence-electron chi connectivity index (χ0n) is 13.4. The molecule has 1 atom stereocenters. The van der Waals surface area contributed by atoms with E-state index in [1.807, 2.05) is 19.1 Å². The smallest absolute Gasteiger partial charge is 0.123 e. The Balaban J connectivity index is 1.45. The van der Waals surface area contributed by atoms with Crippen LogP contribution in [0.3, 0.4) is 0 Å². The van der Waals surface area contributed by atoms with Gasteiger partial charge in [-0.05, 0) is 63.9 Å². The summed E-state index contributed by atoms with van der Waals surface area (Å²) in [6, 6.07) is 9.03. The summed E-state index contributed by atoms with van der Waals surface area (Å²) in [4.78, 5) is 7.08. The lowest BCUT2D eigenvalue weighted by atomic mass is 10.2. The predicted octanol–water partition coefficient (Wildman–Crippen LogP) is 4.37. The van der Waals surface area contributed by atoms with E-state index in [-0.39, 0.29) is 0 Å². The van der Waals surface area contributed by atoms with Gasteiger partial charge in [0.05, 0.1) is 6.61 Å². The van der Waals surface area contributed by atoms with Crippen LogP contribution in [-0.4, -0.2) is 35.6 Å². The third-order valence-electron chi connectivity index (χ3n) is 4.27. The predicted molar refractivity (Wildman–Crippen MR) is 92.7 cm³/mol. The van der Waals surface area contributed by atoms with E-state index < -0.39 is 0 Å². The van der Waals surface area contributed by atoms with Gasteiger partial charge in [0, 0.05) is 29.2 Å². The molecule has 0 aliphatic carbocycles. The topological polar surface area (TPSA) is 25.4 Å². The van der Waals surface area contributed by atoms with Crippen molar-refractivity contribution in [2.45, 2.75) is 39.2 Å². The van der Waals surface area contributed by atoms with Gasteiger partial charge < -0.3 is 9.64 Å². The Labute approximate surface area is 137 Å². The van der Waals surface area contributed by atoms with E-state index >= 15 is 0 Å². The van der Waals surface area contributed by atoms with Gasteiger partial charge in [0.2, 0.25) is 0 Å². The van der Waals surface area contributed by atoms with E-state index in [1.54, 1.807) is 11.3 Å². The molecule has 0 spiro atoms. The van der Waals surface area contributed by atoms with Crippen LogP contribution in [0.25, 0.3) is 10.6 Å². The Morgan fingerprint density at radius 1 is 1.32 bits per heavy atom. The molecule has 2 aromatic rings. The minimum atomic E-state index is 0.751. The standard InChI is InChI=1S/C18H24N2OS/c1-14-13-22-18(19-14)16-6-8-17(9-7-16)21-12-4-11-20-10-3-5-15(20)2/h6-9,13,15H,3-5,10-12H2,1-2H3/t15-/m1/s1. The van der Waals surface area contributed by atoms with Crippen LogP contribution in [-0.2, 0) is 0 Å². The molecule has 3 rings (SSSR count). The van der Waals surface area contributed by atoms with E-state index in [2.05, 4.69) is 34.3 Å². The molecule has 2 heterocycles. The van der Waals surface area contributed by atoms with E-state index in [1.165, 1.54) is 19.4 Å². The van der Waals surface area contributed by atoms with Gasteiger partial charge in [0.25, 0.3) is 0 Å². The minimum absolute atomic E-state index is 0.751. The molecule has 0 radical (unpaired) electrons. The molecule has 0 unspecified atom stereocenters. The maximum absolute atomic E-state index is 5.85. The number of likely N-dealkylation sites (tertiary alicyclic amines) is 1. The van der Waals surface area contributed by atoms with Crippen molar-refractivity contribution in [1.82, 2.24) is 9.88 Å². The van der Waals surface area contributed by atoms with Crippen molar-refractivity contribution in [3.63, 3.8) is 0 Å². The molecular weight excluding hydrogens is 292 g/mol. The Hall–Kier alpha value is -1.39. The maximum Gasteiger partial charge on any atom is 0.123 e. The highest BCUT2D eigenvalue weighted by molar-refractivity contribution is 7.13. The summed E-state index contributed by atoms with van der Waals surface area (Å²) in [5.41, 5.74) is 2.24. The lowest BCUT2D eigenvalue weighted by molar-refractivity contribution is 0.230. The van der Waals surface area contributed by atoms with Crippen molar-refractivity contribution < 1.29 is 4.74 Å². The first-order valence-electron chi connectivity index (χ1n) is 8.12. The normalized spacial score (nSPS) is 18.7. The second-order valence-corrected chi connectivity index (χ2v) is 6.91. The van der Waals surface area contributed by atoms with Crippen LogP contribution >= 0.6 is 11.3 Å². The third-order valence-corrected chi connectivity index (χ3v) is 5.28. The lowest BCUT2D eigenvalue weighted by Gasteiger charge is -2.20. The van der Waals surface area contributed by atoms with Crippen molar-refractivity contribution in [2.24, 2.45) is 0 Å². The zero-order valence-corrected chi connectivity index (χ0v) is 14.2. The van der Waals surface area contributed by atoms with Crippen molar-refractivity contribution >= 4 is 11.3 Å². The van der Waals surface area contributed by atoms with E-state index in [9.17, 15) is 0 Å². The second-order valence-electron chi connectivity index (χ2n) is 6.05. The molecule has 1 saturated heterocycles. The summed E-state index contributed by atoms with van der Waals surface area (Å²) in [5, 5.41) is 3.16. The van der Waals surface area contributed by atoms with Gasteiger partial charge in [0.1, 0.15) is 10.8 Å². The van der Waals surface area contributed by atoms with Crippen LogP contribution in [0, 0.1) is 6.92 Å². The number of rotatable bonds is 6. The number of nitrogens with zero attached hydrogens (tertiary/aromatic N) is 2. The molecule has 3 nitrogen and oxygen atoms in total. The SMILES string of the molecule is Cc1csc(-c2ccc(OCCCN3CCC[C@H]3C)cc2)n1. The molecule has 1 aromatic carbocycles. The quantitative estimate of drug-likeness (QED) is 0.740. The average Bonchev–Trinajstić information content (AvgIpc) is 3.13. The highest BCUT2D eigenvalue weighted by Crippen LogP contribution is 2.25. The highest BCUT2D eigenvalue weighted by Gasteiger charge is 2.18. The van der Waals surface area contributed by atoms with E-state index in [0.29, 0.717) is 0 Å². The van der Waals surface area contributed by atoms with Crippen molar-refractivity contribution in [3.8, 4) is 16.3 Å². The Bertz CT molecular complexity index is 593. The number of aromatic nitrogens is 1. The van der Waals surface area contributed by atoms with Crippen LogP contribution < -0.4 is 4.74 Å². The monoisotopic (exact) mass is 316 g/mol. The fourth-order valence-corrected chi connectivity index (χ4v) is 3.77. The largest absolute Gasteiger partial charge is 0.494 e. The van der Waals surface area contributed by atoms with Crippen molar-refractivity contribution in [2.75, 3.05) is 19.7 Å². The van der Waals surface area contributed by atoms with Gasteiger partial charge in [-0.2, -0.15) is 0 Å². The van der Waals surface area contributed by atoms with E-state index in [0.717, 1.165) is 47.6 Å². The number of hydrogen-bond acceptors (Lipinski definition) is 4. The summed E-state index contributed by atoms with van der Waals surface area (Å²) in [6.07, 6.45) is 3.79. The molecule has 0 amide bonds. The number of hydrogen-bond donors (Lipinski definition) is 0. The summed E-state index contributed by atoms with van der Waals surface area (Å²) >= 11 is 1.69. The summed E-state index contributed by atoms with van der Waals surface area (Å²) in [7, 11) is 0. The summed E-state index contributed by atoms with van der Waals surface area (Å²) in [6.45, 7) is 7.55. The Morgan fingerprint density at radius 2 is 2.14 bits per heavy atom. The fraction of sp³-hybridized carbons (Fsp3) is 0.500. The maximum atomic E-state index is 5.85. The lowest BCUT2D eigenvalue weighted by Crippen LogP contribution is -2.28. The summed E-state index contributed by atoms with van der Waals surface area (Å²) < 4.78 is 5.85. The average molecular weight is 316 g/mol. The van der Waals surface area contributed by atoms with Crippen LogP contribution in [0.4, 0.5) is 0 Å². The molecule has 4 heteroatoms. The molecule has 1 aromatic heterocycles. The minimum Gasteiger partial charge on any atom is -0.494 e. The molecule has 1 aliphatic rings. The molecular formula is C18H24N2OS. The number of aryl methyl sites for hydroxylation is 1. The summed E-state index contributed by atoms with van der Waals surface area (Å²) in [5.74, 6) is 0.950. The fourth-order valence-electron chi connectivity index (χ4n) is 2.96. The molecule has 0 saturated carbocycles. The van der Waals surface area contributed by atoms with Gasteiger partial charge in [-0.1, -0.05) is 0 Å². The number of benzene rings is 1. The van der Waals surface area contributed by atoms with Crippen LogP contribution in [0.2, 0.25) is 0 Å². The second kappa shape index (κ2) is 7.25. The molecule has 118 valence electrons. The molecule has 0 bridgehead atoms. The highest BCUT2D eigenvalue weighted by atomic mass is 32.1. The van der Waals surface area contributed by atoms with Gasteiger partial charge >= 0.3 is 0 Å². The van der Waals surface area contributed by atoms with Crippen molar-refractivity contribution in [1.29, 1.82) is 0 Å². The molecule has 0 N–H and O–H groups in total. The first-order chi connectivity index (χ1) is 10.7. The van der Waals surface area contributed by atoms with Gasteiger partial charge in [0.15, 0.2) is 0 Å². The van der Waals surface area contributed by atoms with Gasteiger partial charge in [-0.15, -0.1) is 11.3 Å². The Morgan fingerprint density at radius 3 is 2.77 bits per heavy atom. The van der Waals surface area contributed by atoms with Gasteiger partial charge in [-0.3, -0.25) is 0 Å². The molecule has 1 fully saturated rings. The number of thiazole rings is 1. The first kappa shape index (κ1) is 15.5. The molecule has 22 heavy (non-hydrogen) atoms. The molecule has 1 aliphatic heterocycles. The number of ether oxygens (including phenoxy) is 1. The van der Waals surface area contributed by atoms with Crippen LogP contribution in [0.15, 0.2) is 29.6 Å². The van der Waals surface area contributed by atoms with Gasteiger partial charge in [-0.25, -0.2) is 4.98 Å². The van der Waals surface area contributed by atoms with Crippen LogP contribution in [0.5, 0.6) is 5.75 Å². The van der Waals surface area contributed by atoms with Crippen LogP contribution in [0.1, 0.15) is 31.9 Å². The Kier molecular flexibility index (Phi) is 5.11. The van der Waals surface area contributed by atoms with E-state index in [4.69, 9.17) is 4.74 Å².